The van der Waals surface area contributed by atoms with Gasteiger partial charge in [-0.2, -0.15) is 0 Å². The number of hydrogen-bond acceptors (Lipinski definition) is 3. The number of carbonyl (C=O) groups is 1. The molecule has 0 saturated heterocycles. The van der Waals surface area contributed by atoms with E-state index in [2.05, 4.69) is 5.32 Å². The summed E-state index contributed by atoms with van der Waals surface area (Å²) in [5.41, 5.74) is -0.295. The third kappa shape index (κ3) is 3.04. The first-order valence-corrected chi connectivity index (χ1v) is 6.28. The van der Waals surface area contributed by atoms with Crippen LogP contribution in [-0.2, 0) is 11.3 Å². The second-order valence-electron chi connectivity index (χ2n) is 5.66. The number of fused-ring (bicyclic) bond motifs is 1. The summed E-state index contributed by atoms with van der Waals surface area (Å²) in [6.07, 6.45) is 0. The Hall–Kier alpha value is -2.17. The molecule has 20 heavy (non-hydrogen) atoms. The molecular weight excluding hydrogens is 261 g/mol. The Kier molecular flexibility index (Phi) is 3.61. The maximum absolute atomic E-state index is 13.1. The van der Waals surface area contributed by atoms with Crippen molar-refractivity contribution in [3.63, 3.8) is 0 Å². The van der Waals surface area contributed by atoms with Crippen LogP contribution in [0.25, 0.3) is 11.0 Å². The van der Waals surface area contributed by atoms with E-state index < -0.39 is 16.9 Å². The van der Waals surface area contributed by atoms with E-state index in [9.17, 15) is 14.0 Å². The van der Waals surface area contributed by atoms with E-state index in [1.807, 2.05) is 0 Å². The zero-order chi connectivity index (χ0) is 14.9. The fourth-order valence-electron chi connectivity index (χ4n) is 1.79. The van der Waals surface area contributed by atoms with E-state index in [4.69, 9.17) is 4.42 Å². The summed E-state index contributed by atoms with van der Waals surface area (Å²) >= 11 is 0. The van der Waals surface area contributed by atoms with Gasteiger partial charge in [-0.05, 0) is 17.7 Å². The molecule has 1 amide bonds. The first-order chi connectivity index (χ1) is 9.27. The molecule has 0 bridgehead atoms. The summed E-state index contributed by atoms with van der Waals surface area (Å²) in [6.45, 7) is 5.60. The van der Waals surface area contributed by atoms with Gasteiger partial charge in [0, 0.05) is 29.5 Å². The summed E-state index contributed by atoms with van der Waals surface area (Å²) in [4.78, 5) is 23.3. The highest BCUT2D eigenvalue weighted by molar-refractivity contribution is 5.83. The van der Waals surface area contributed by atoms with Crippen LogP contribution >= 0.6 is 0 Å². The van der Waals surface area contributed by atoms with Crippen molar-refractivity contribution in [2.75, 3.05) is 0 Å². The van der Waals surface area contributed by atoms with Crippen LogP contribution in [0.2, 0.25) is 0 Å². The molecule has 0 aliphatic rings. The zero-order valence-electron chi connectivity index (χ0n) is 11.6. The third-order valence-electron chi connectivity index (χ3n) is 2.91. The zero-order valence-corrected chi connectivity index (χ0v) is 11.6. The molecule has 0 spiro atoms. The van der Waals surface area contributed by atoms with E-state index in [1.54, 1.807) is 20.8 Å². The summed E-state index contributed by atoms with van der Waals surface area (Å²) in [5, 5.41) is 3.37. The van der Waals surface area contributed by atoms with Gasteiger partial charge in [0.1, 0.15) is 11.4 Å². The summed E-state index contributed by atoms with van der Waals surface area (Å²) in [7, 11) is 0. The molecule has 1 aromatic heterocycles. The molecule has 106 valence electrons. The van der Waals surface area contributed by atoms with Gasteiger partial charge in [-0.15, -0.1) is 0 Å². The molecule has 1 aromatic carbocycles. The molecule has 2 aromatic rings. The molecule has 0 aliphatic carbocycles. The van der Waals surface area contributed by atoms with Gasteiger partial charge < -0.3 is 9.73 Å². The lowest BCUT2D eigenvalue weighted by molar-refractivity contribution is -0.128. The van der Waals surface area contributed by atoms with Crippen LogP contribution in [0.5, 0.6) is 0 Å². The lowest BCUT2D eigenvalue weighted by atomic mass is 9.95. The van der Waals surface area contributed by atoms with Crippen LogP contribution in [0, 0.1) is 11.2 Å². The van der Waals surface area contributed by atoms with Crippen LogP contribution < -0.4 is 10.9 Å². The fraction of sp³-hybridized carbons (Fsp3) is 0.333. The van der Waals surface area contributed by atoms with Gasteiger partial charge in [0.2, 0.25) is 5.91 Å². The van der Waals surface area contributed by atoms with E-state index >= 15 is 0 Å². The lowest BCUT2D eigenvalue weighted by Gasteiger charge is -2.17. The molecular formula is C15H16FNO3. The molecule has 0 fully saturated rings. The summed E-state index contributed by atoms with van der Waals surface area (Å²) < 4.78 is 18.1. The maximum Gasteiger partial charge on any atom is 0.336 e. The molecule has 0 radical (unpaired) electrons. The van der Waals surface area contributed by atoms with Crippen molar-refractivity contribution in [2.45, 2.75) is 27.3 Å². The van der Waals surface area contributed by atoms with Crippen molar-refractivity contribution in [3.8, 4) is 0 Å². The predicted octanol–water partition coefficient (Wildman–Crippen LogP) is 2.59. The normalized spacial score (nSPS) is 11.6. The highest BCUT2D eigenvalue weighted by Crippen LogP contribution is 2.19. The molecule has 0 aliphatic heterocycles. The standard InChI is InChI=1S/C15H16FNO3/c1-15(2,3)14(19)17-8-9-6-13(18)20-12-7-10(16)4-5-11(9)12/h4-7H,8H2,1-3H3,(H,17,19). The number of rotatable bonds is 2. The van der Waals surface area contributed by atoms with E-state index in [-0.39, 0.29) is 18.0 Å². The van der Waals surface area contributed by atoms with Crippen molar-refractivity contribution in [3.05, 3.63) is 46.1 Å². The average Bonchev–Trinajstić information content (AvgIpc) is 2.33. The Morgan fingerprint density at radius 1 is 1.30 bits per heavy atom. The molecule has 5 heteroatoms. The Morgan fingerprint density at radius 3 is 2.65 bits per heavy atom. The predicted molar refractivity (Wildman–Crippen MR) is 73.7 cm³/mol. The van der Waals surface area contributed by atoms with Gasteiger partial charge in [0.25, 0.3) is 0 Å². The maximum atomic E-state index is 13.1. The lowest BCUT2D eigenvalue weighted by Crippen LogP contribution is -2.34. The highest BCUT2D eigenvalue weighted by Gasteiger charge is 2.21. The Morgan fingerprint density at radius 2 is 2.00 bits per heavy atom. The second kappa shape index (κ2) is 5.07. The number of nitrogens with one attached hydrogen (secondary N) is 1. The van der Waals surface area contributed by atoms with Crippen molar-refractivity contribution in [2.24, 2.45) is 5.41 Å². The first-order valence-electron chi connectivity index (χ1n) is 6.28. The van der Waals surface area contributed by atoms with Crippen LogP contribution in [-0.4, -0.2) is 5.91 Å². The van der Waals surface area contributed by atoms with Crippen LogP contribution in [0.1, 0.15) is 26.3 Å². The first kappa shape index (κ1) is 14.2. The van der Waals surface area contributed by atoms with Gasteiger partial charge >= 0.3 is 5.63 Å². The number of benzene rings is 1. The smallest absolute Gasteiger partial charge is 0.336 e. The van der Waals surface area contributed by atoms with E-state index in [0.717, 1.165) is 6.07 Å². The van der Waals surface area contributed by atoms with Gasteiger partial charge in [0.05, 0.1) is 0 Å². The van der Waals surface area contributed by atoms with Gasteiger partial charge in [-0.1, -0.05) is 20.8 Å². The van der Waals surface area contributed by atoms with Crippen molar-refractivity contribution in [1.29, 1.82) is 0 Å². The quantitative estimate of drug-likeness (QED) is 0.858. The number of hydrogen-bond donors (Lipinski definition) is 1. The molecule has 1 N–H and O–H groups in total. The number of carbonyl (C=O) groups excluding carboxylic acids is 1. The van der Waals surface area contributed by atoms with Crippen LogP contribution in [0.3, 0.4) is 0 Å². The molecule has 4 nitrogen and oxygen atoms in total. The molecule has 0 unspecified atom stereocenters. The Balaban J connectivity index is 2.35. The average molecular weight is 277 g/mol. The minimum absolute atomic E-state index is 0.124. The van der Waals surface area contributed by atoms with E-state index in [0.29, 0.717) is 10.9 Å². The number of halogens is 1. The van der Waals surface area contributed by atoms with E-state index in [1.165, 1.54) is 18.2 Å². The molecule has 2 rings (SSSR count). The largest absolute Gasteiger partial charge is 0.423 e. The Labute approximate surface area is 115 Å². The SMILES string of the molecule is CC(C)(C)C(=O)NCc1cc(=O)oc2cc(F)ccc12. The summed E-state index contributed by atoms with van der Waals surface area (Å²) in [5.74, 6) is -0.600. The minimum Gasteiger partial charge on any atom is -0.423 e. The van der Waals surface area contributed by atoms with Gasteiger partial charge in [-0.25, -0.2) is 9.18 Å². The molecule has 0 saturated carbocycles. The van der Waals surface area contributed by atoms with Gasteiger partial charge in [-0.3, -0.25) is 4.79 Å². The second-order valence-corrected chi connectivity index (χ2v) is 5.66. The number of amides is 1. The monoisotopic (exact) mass is 277 g/mol. The molecule has 1 heterocycles. The van der Waals surface area contributed by atoms with Crippen LogP contribution in [0.4, 0.5) is 4.39 Å². The summed E-state index contributed by atoms with van der Waals surface area (Å²) in [6, 6.07) is 5.29. The highest BCUT2D eigenvalue weighted by atomic mass is 19.1. The molecule has 0 atom stereocenters. The van der Waals surface area contributed by atoms with Crippen molar-refractivity contribution >= 4 is 16.9 Å². The van der Waals surface area contributed by atoms with Crippen LogP contribution in [0.15, 0.2) is 33.5 Å². The Bertz CT molecular complexity index is 713. The fourth-order valence-corrected chi connectivity index (χ4v) is 1.79. The third-order valence-corrected chi connectivity index (χ3v) is 2.91. The van der Waals surface area contributed by atoms with Gasteiger partial charge in [0.15, 0.2) is 0 Å². The topological polar surface area (TPSA) is 59.3 Å². The van der Waals surface area contributed by atoms with Crippen molar-refractivity contribution in [1.82, 2.24) is 5.32 Å². The minimum atomic E-state index is -0.567. The van der Waals surface area contributed by atoms with Crippen molar-refractivity contribution < 1.29 is 13.6 Å².